The topological polar surface area (TPSA) is 105 Å². The van der Waals surface area contributed by atoms with Crippen LogP contribution in [-0.2, 0) is 9.59 Å². The number of carboxylic acid groups (broad SMARTS) is 1. The molecule has 1 atom stereocenters. The number of aliphatic carboxylic acids is 1. The highest BCUT2D eigenvalue weighted by atomic mass is 16.4. The maximum atomic E-state index is 12.8. The molecule has 2 aromatic rings. The van der Waals surface area contributed by atoms with Crippen LogP contribution in [0.3, 0.4) is 0 Å². The number of amides is 2. The van der Waals surface area contributed by atoms with Gasteiger partial charge < -0.3 is 15.3 Å². The van der Waals surface area contributed by atoms with E-state index in [1.165, 1.54) is 6.20 Å². The summed E-state index contributed by atoms with van der Waals surface area (Å²) in [6, 6.07) is 8.50. The molecule has 1 aromatic carbocycles. The molecule has 0 saturated carbocycles. The summed E-state index contributed by atoms with van der Waals surface area (Å²) in [4.78, 5) is 38.1. The average Bonchev–Trinajstić information content (AvgIpc) is 3.22. The van der Waals surface area contributed by atoms with Crippen molar-refractivity contribution in [3.05, 3.63) is 48.3 Å². The van der Waals surface area contributed by atoms with Crippen molar-refractivity contribution >= 4 is 17.8 Å². The summed E-state index contributed by atoms with van der Waals surface area (Å²) in [7, 11) is 0. The molecule has 0 radical (unpaired) electrons. The van der Waals surface area contributed by atoms with Crippen LogP contribution in [0.5, 0.6) is 0 Å². The number of carbonyl (C=O) groups excluding carboxylic acids is 2. The molecule has 0 unspecified atom stereocenters. The number of para-hydroxylation sites is 1. The third-order valence-electron chi connectivity index (χ3n) is 4.78. The molecule has 0 aliphatic carbocycles. The fourth-order valence-corrected chi connectivity index (χ4v) is 3.26. The van der Waals surface area contributed by atoms with E-state index in [0.29, 0.717) is 18.7 Å². The summed E-state index contributed by atoms with van der Waals surface area (Å²) in [5, 5.41) is 15.9. The van der Waals surface area contributed by atoms with Gasteiger partial charge in [-0.25, -0.2) is 4.68 Å². The quantitative estimate of drug-likeness (QED) is 0.758. The van der Waals surface area contributed by atoms with Gasteiger partial charge in [0.1, 0.15) is 6.04 Å². The van der Waals surface area contributed by atoms with E-state index in [0.717, 1.165) is 24.9 Å². The second-order valence-corrected chi connectivity index (χ2v) is 6.85. The van der Waals surface area contributed by atoms with Crippen molar-refractivity contribution in [2.45, 2.75) is 38.1 Å². The molecule has 2 heterocycles. The Bertz CT molecular complexity index is 828. The van der Waals surface area contributed by atoms with Crippen molar-refractivity contribution in [2.24, 2.45) is 0 Å². The first-order chi connectivity index (χ1) is 13.5. The zero-order valence-corrected chi connectivity index (χ0v) is 15.6. The zero-order chi connectivity index (χ0) is 19.9. The van der Waals surface area contributed by atoms with Crippen LogP contribution in [-0.4, -0.2) is 56.7 Å². The molecule has 2 N–H and O–H groups in total. The third kappa shape index (κ3) is 4.97. The van der Waals surface area contributed by atoms with Gasteiger partial charge in [-0.3, -0.25) is 14.4 Å². The number of likely N-dealkylation sites (tertiary alicyclic amines) is 1. The lowest BCUT2D eigenvalue weighted by Crippen LogP contribution is -2.50. The van der Waals surface area contributed by atoms with Gasteiger partial charge in [0.25, 0.3) is 5.91 Å². The Kier molecular flexibility index (Phi) is 6.41. The zero-order valence-electron chi connectivity index (χ0n) is 15.6. The lowest BCUT2D eigenvalue weighted by Gasteiger charge is -2.30. The maximum absolute atomic E-state index is 12.8. The van der Waals surface area contributed by atoms with Gasteiger partial charge in [0.15, 0.2) is 0 Å². The van der Waals surface area contributed by atoms with E-state index in [9.17, 15) is 14.4 Å². The van der Waals surface area contributed by atoms with E-state index in [1.807, 2.05) is 30.3 Å². The summed E-state index contributed by atoms with van der Waals surface area (Å²) < 4.78 is 1.58. The highest BCUT2D eigenvalue weighted by Crippen LogP contribution is 2.13. The number of aromatic nitrogens is 2. The minimum Gasteiger partial charge on any atom is -0.481 e. The normalized spacial score (nSPS) is 15.1. The van der Waals surface area contributed by atoms with Gasteiger partial charge in [-0.1, -0.05) is 18.2 Å². The van der Waals surface area contributed by atoms with E-state index in [2.05, 4.69) is 10.4 Å². The largest absolute Gasteiger partial charge is 0.481 e. The van der Waals surface area contributed by atoms with Crippen LogP contribution < -0.4 is 5.32 Å². The standard InChI is InChI=1S/C20H24N4O4/c25-18(26)10-9-17(20(28)23-11-5-2-6-12-23)22-19(27)15-13-21-24(14-15)16-7-3-1-4-8-16/h1,3-4,7-8,13-14,17H,2,5-6,9-12H2,(H,22,27)(H,25,26)/t17-/m0/s1. The summed E-state index contributed by atoms with van der Waals surface area (Å²) in [5.74, 6) is -1.66. The summed E-state index contributed by atoms with van der Waals surface area (Å²) in [6.45, 7) is 1.29. The number of hydrogen-bond donors (Lipinski definition) is 2. The molecular weight excluding hydrogens is 360 g/mol. The predicted octanol–water partition coefficient (Wildman–Crippen LogP) is 1.85. The van der Waals surface area contributed by atoms with E-state index >= 15 is 0 Å². The van der Waals surface area contributed by atoms with Crippen LogP contribution >= 0.6 is 0 Å². The number of benzene rings is 1. The smallest absolute Gasteiger partial charge is 0.303 e. The molecule has 1 aliphatic heterocycles. The van der Waals surface area contributed by atoms with Crippen molar-refractivity contribution in [1.29, 1.82) is 0 Å². The predicted molar refractivity (Wildman–Crippen MR) is 102 cm³/mol. The van der Waals surface area contributed by atoms with Gasteiger partial charge in [0, 0.05) is 25.7 Å². The van der Waals surface area contributed by atoms with Crippen LogP contribution in [0.25, 0.3) is 5.69 Å². The van der Waals surface area contributed by atoms with Crippen LogP contribution in [0.2, 0.25) is 0 Å². The van der Waals surface area contributed by atoms with E-state index in [4.69, 9.17) is 5.11 Å². The van der Waals surface area contributed by atoms with Gasteiger partial charge >= 0.3 is 5.97 Å². The summed E-state index contributed by atoms with van der Waals surface area (Å²) >= 11 is 0. The molecule has 3 rings (SSSR count). The molecule has 8 heteroatoms. The van der Waals surface area contributed by atoms with Gasteiger partial charge in [0.05, 0.1) is 17.4 Å². The second-order valence-electron chi connectivity index (χ2n) is 6.85. The molecule has 1 saturated heterocycles. The summed E-state index contributed by atoms with van der Waals surface area (Å²) in [5.41, 5.74) is 1.13. The Morgan fingerprint density at radius 2 is 1.82 bits per heavy atom. The highest BCUT2D eigenvalue weighted by molar-refractivity contribution is 5.97. The minimum absolute atomic E-state index is 0.0588. The van der Waals surface area contributed by atoms with Crippen molar-refractivity contribution in [1.82, 2.24) is 20.0 Å². The molecule has 2 amide bonds. The molecule has 1 fully saturated rings. The Hall–Kier alpha value is -3.16. The number of carboxylic acids is 1. The number of rotatable bonds is 7. The molecule has 1 aliphatic rings. The number of carbonyl (C=O) groups is 3. The molecule has 1 aromatic heterocycles. The summed E-state index contributed by atoms with van der Waals surface area (Å²) in [6.07, 6.45) is 5.82. The fraction of sp³-hybridized carbons (Fsp3) is 0.400. The van der Waals surface area contributed by atoms with Gasteiger partial charge in [-0.05, 0) is 37.8 Å². The lowest BCUT2D eigenvalue weighted by atomic mass is 10.1. The van der Waals surface area contributed by atoms with Gasteiger partial charge in [0.2, 0.25) is 5.91 Å². The molecule has 148 valence electrons. The molecule has 8 nitrogen and oxygen atoms in total. The molecule has 0 spiro atoms. The molecular formula is C20H24N4O4. The van der Waals surface area contributed by atoms with Crippen LogP contribution in [0.1, 0.15) is 42.5 Å². The second kappa shape index (κ2) is 9.16. The first kappa shape index (κ1) is 19.6. The first-order valence-corrected chi connectivity index (χ1v) is 9.46. The van der Waals surface area contributed by atoms with E-state index < -0.39 is 17.9 Å². The Morgan fingerprint density at radius 1 is 1.11 bits per heavy atom. The van der Waals surface area contributed by atoms with Crippen molar-refractivity contribution in [3.8, 4) is 5.69 Å². The third-order valence-corrected chi connectivity index (χ3v) is 4.78. The fourth-order valence-electron chi connectivity index (χ4n) is 3.26. The average molecular weight is 384 g/mol. The highest BCUT2D eigenvalue weighted by Gasteiger charge is 2.28. The van der Waals surface area contributed by atoms with E-state index in [-0.39, 0.29) is 18.7 Å². The number of nitrogens with zero attached hydrogens (tertiary/aromatic N) is 3. The molecule has 0 bridgehead atoms. The number of hydrogen-bond acceptors (Lipinski definition) is 4. The minimum atomic E-state index is -0.998. The monoisotopic (exact) mass is 384 g/mol. The first-order valence-electron chi connectivity index (χ1n) is 9.46. The van der Waals surface area contributed by atoms with Crippen LogP contribution in [0, 0.1) is 0 Å². The number of nitrogens with one attached hydrogen (secondary N) is 1. The molecule has 28 heavy (non-hydrogen) atoms. The lowest BCUT2D eigenvalue weighted by molar-refractivity contribution is -0.138. The van der Waals surface area contributed by atoms with Crippen LogP contribution in [0.15, 0.2) is 42.7 Å². The maximum Gasteiger partial charge on any atom is 0.303 e. The Balaban J connectivity index is 1.70. The Labute approximate surface area is 163 Å². The Morgan fingerprint density at radius 3 is 2.50 bits per heavy atom. The van der Waals surface area contributed by atoms with Crippen LogP contribution in [0.4, 0.5) is 0 Å². The van der Waals surface area contributed by atoms with Crippen molar-refractivity contribution in [2.75, 3.05) is 13.1 Å². The van der Waals surface area contributed by atoms with E-state index in [1.54, 1.807) is 15.8 Å². The van der Waals surface area contributed by atoms with Gasteiger partial charge in [-0.15, -0.1) is 0 Å². The van der Waals surface area contributed by atoms with Crippen molar-refractivity contribution in [3.63, 3.8) is 0 Å². The SMILES string of the molecule is O=C(O)CC[C@H](NC(=O)c1cnn(-c2ccccc2)c1)C(=O)N1CCCCC1. The van der Waals surface area contributed by atoms with Crippen molar-refractivity contribution < 1.29 is 19.5 Å². The number of piperidine rings is 1. The van der Waals surface area contributed by atoms with Gasteiger partial charge in [-0.2, -0.15) is 5.10 Å².